The van der Waals surface area contributed by atoms with E-state index in [0.717, 1.165) is 38.4 Å². The molecule has 2 aromatic heterocycles. The summed E-state index contributed by atoms with van der Waals surface area (Å²) in [7, 11) is 2.18. The predicted octanol–water partition coefficient (Wildman–Crippen LogP) is 2.84. The van der Waals surface area contributed by atoms with Crippen LogP contribution in [-0.4, -0.2) is 65.3 Å². The summed E-state index contributed by atoms with van der Waals surface area (Å²) in [6.45, 7) is 6.55. The summed E-state index contributed by atoms with van der Waals surface area (Å²) < 4.78 is 0. The highest BCUT2D eigenvalue weighted by Crippen LogP contribution is 2.27. The van der Waals surface area contributed by atoms with Crippen LogP contribution in [0.2, 0.25) is 0 Å². The first-order valence-electron chi connectivity index (χ1n) is 9.00. The van der Waals surface area contributed by atoms with Crippen LogP contribution in [0.5, 0.6) is 0 Å². The monoisotopic (exact) mass is 403 g/mol. The van der Waals surface area contributed by atoms with E-state index >= 15 is 0 Å². The van der Waals surface area contributed by atoms with E-state index in [1.54, 1.807) is 11.3 Å². The topological polar surface area (TPSA) is 94.0 Å². The van der Waals surface area contributed by atoms with Crippen molar-refractivity contribution in [1.82, 2.24) is 9.88 Å². The maximum absolute atomic E-state index is 9.55. The molecule has 8 heteroatoms. The van der Waals surface area contributed by atoms with Gasteiger partial charge in [-0.1, -0.05) is 6.92 Å². The van der Waals surface area contributed by atoms with E-state index in [9.17, 15) is 9.59 Å². The number of aliphatic carboxylic acids is 2. The van der Waals surface area contributed by atoms with E-state index in [-0.39, 0.29) is 0 Å². The van der Waals surface area contributed by atoms with Gasteiger partial charge in [0.1, 0.15) is 5.82 Å². The van der Waals surface area contributed by atoms with Crippen molar-refractivity contribution in [3.05, 3.63) is 46.8 Å². The first-order valence-corrected chi connectivity index (χ1v) is 9.94. The van der Waals surface area contributed by atoms with Crippen LogP contribution in [0, 0.1) is 0 Å². The molecule has 0 aliphatic carbocycles. The first-order chi connectivity index (χ1) is 13.4. The molecule has 0 atom stereocenters. The Bertz CT molecular complexity index is 797. The lowest BCUT2D eigenvalue weighted by atomic mass is 10.1. The second-order valence-electron chi connectivity index (χ2n) is 6.37. The molecule has 7 nitrogen and oxygen atoms in total. The number of rotatable bonds is 5. The Balaban J connectivity index is 0.000000300. The molecule has 1 saturated heterocycles. The second-order valence-corrected chi connectivity index (χ2v) is 7.15. The number of aromatic nitrogens is 1. The van der Waals surface area contributed by atoms with Crippen LogP contribution in [0.15, 0.2) is 41.1 Å². The summed E-state index contributed by atoms with van der Waals surface area (Å²) >= 11 is 1.75. The molecule has 150 valence electrons. The van der Waals surface area contributed by atoms with Crippen LogP contribution in [0.1, 0.15) is 12.6 Å². The number of thiophene rings is 1. The van der Waals surface area contributed by atoms with E-state index in [2.05, 4.69) is 52.7 Å². The molecular formula is C20H25N3O4S. The zero-order valence-corrected chi connectivity index (χ0v) is 16.9. The lowest BCUT2D eigenvalue weighted by Crippen LogP contribution is -2.44. The molecule has 0 aromatic carbocycles. The molecule has 2 N–H and O–H groups in total. The Morgan fingerprint density at radius 3 is 2.25 bits per heavy atom. The van der Waals surface area contributed by atoms with Gasteiger partial charge in [0.2, 0.25) is 0 Å². The van der Waals surface area contributed by atoms with Crippen LogP contribution < -0.4 is 4.90 Å². The zero-order chi connectivity index (χ0) is 20.5. The zero-order valence-electron chi connectivity index (χ0n) is 16.0. The van der Waals surface area contributed by atoms with Gasteiger partial charge >= 0.3 is 11.9 Å². The molecule has 3 heterocycles. The number of nitrogens with zero attached hydrogens (tertiary/aromatic N) is 3. The van der Waals surface area contributed by atoms with Crippen molar-refractivity contribution in [2.75, 3.05) is 38.1 Å². The minimum atomic E-state index is -1.26. The minimum Gasteiger partial charge on any atom is -0.478 e. The molecule has 0 saturated carbocycles. The average molecular weight is 404 g/mol. The van der Waals surface area contributed by atoms with Crippen LogP contribution in [0.4, 0.5) is 5.82 Å². The van der Waals surface area contributed by atoms with Crippen LogP contribution in [0.25, 0.3) is 11.1 Å². The van der Waals surface area contributed by atoms with Crippen molar-refractivity contribution in [1.29, 1.82) is 0 Å². The number of pyridine rings is 1. The van der Waals surface area contributed by atoms with E-state index in [0.29, 0.717) is 12.2 Å². The Labute approximate surface area is 168 Å². The van der Waals surface area contributed by atoms with E-state index in [4.69, 9.17) is 15.2 Å². The molecule has 0 unspecified atom stereocenters. The molecular weight excluding hydrogens is 378 g/mol. The molecule has 0 amide bonds. The summed E-state index contributed by atoms with van der Waals surface area (Å²) in [5.74, 6) is -1.38. The summed E-state index contributed by atoms with van der Waals surface area (Å²) in [6.07, 6.45) is 2.10. The molecule has 1 fully saturated rings. The fraction of sp³-hybridized carbons (Fsp3) is 0.350. The largest absolute Gasteiger partial charge is 0.478 e. The van der Waals surface area contributed by atoms with Gasteiger partial charge in [0.15, 0.2) is 0 Å². The number of likely N-dealkylation sites (N-methyl/N-ethyl adjacent to an activating group) is 1. The molecule has 0 radical (unpaired) electrons. The third kappa shape index (κ3) is 6.79. The van der Waals surface area contributed by atoms with Crippen molar-refractivity contribution < 1.29 is 19.8 Å². The SMILES string of the molecule is CCc1cc(-c2ccsc2)cc(N2CCN(C)CC2)n1.O=C(O)/C=C/C(=O)O. The van der Waals surface area contributed by atoms with E-state index < -0.39 is 11.9 Å². The number of anilines is 1. The molecule has 0 spiro atoms. The van der Waals surface area contributed by atoms with Crippen LogP contribution in [-0.2, 0) is 16.0 Å². The molecule has 1 aliphatic heterocycles. The summed E-state index contributed by atoms with van der Waals surface area (Å²) in [5.41, 5.74) is 3.79. The van der Waals surface area contributed by atoms with Crippen LogP contribution >= 0.6 is 11.3 Å². The Hall–Kier alpha value is -2.71. The smallest absolute Gasteiger partial charge is 0.328 e. The maximum Gasteiger partial charge on any atom is 0.328 e. The first kappa shape index (κ1) is 21.6. The lowest BCUT2D eigenvalue weighted by molar-refractivity contribution is -0.134. The van der Waals surface area contributed by atoms with Gasteiger partial charge in [-0.3, -0.25) is 0 Å². The van der Waals surface area contributed by atoms with Gasteiger partial charge in [0, 0.05) is 44.0 Å². The van der Waals surface area contributed by atoms with Gasteiger partial charge in [-0.2, -0.15) is 11.3 Å². The van der Waals surface area contributed by atoms with Crippen LogP contribution in [0.3, 0.4) is 0 Å². The lowest BCUT2D eigenvalue weighted by Gasteiger charge is -2.33. The van der Waals surface area contributed by atoms with Gasteiger partial charge in [0.25, 0.3) is 0 Å². The van der Waals surface area contributed by atoms with Crippen molar-refractivity contribution >= 4 is 29.1 Å². The molecule has 3 rings (SSSR count). The van der Waals surface area contributed by atoms with Crippen molar-refractivity contribution in [2.24, 2.45) is 0 Å². The van der Waals surface area contributed by atoms with Gasteiger partial charge in [-0.05, 0) is 53.6 Å². The van der Waals surface area contributed by atoms with Crippen molar-refractivity contribution in [2.45, 2.75) is 13.3 Å². The van der Waals surface area contributed by atoms with Gasteiger partial charge in [-0.25, -0.2) is 14.6 Å². The van der Waals surface area contributed by atoms with E-state index in [1.165, 1.54) is 16.8 Å². The Kier molecular flexibility index (Phi) is 8.16. The summed E-state index contributed by atoms with van der Waals surface area (Å²) in [4.78, 5) is 28.7. The Morgan fingerprint density at radius 2 is 1.75 bits per heavy atom. The molecule has 1 aliphatic rings. The standard InChI is InChI=1S/C16H21N3S.C4H4O4/c1-3-15-10-14(13-4-9-20-12-13)11-16(17-15)19-7-5-18(2)6-8-19;5-3(6)1-2-4(7)8/h4,9-12H,3,5-8H2,1-2H3;1-2H,(H,5,6)(H,7,8)/b;2-1+. The number of carboxylic acids is 2. The fourth-order valence-electron chi connectivity index (χ4n) is 2.69. The normalized spacial score (nSPS) is 14.6. The molecule has 28 heavy (non-hydrogen) atoms. The second kappa shape index (κ2) is 10.6. The third-order valence-electron chi connectivity index (χ3n) is 4.28. The Morgan fingerprint density at radius 1 is 1.11 bits per heavy atom. The number of hydrogen-bond acceptors (Lipinski definition) is 6. The minimum absolute atomic E-state index is 0.558. The fourth-order valence-corrected chi connectivity index (χ4v) is 3.35. The molecule has 2 aromatic rings. The number of carboxylic acid groups (broad SMARTS) is 2. The molecule has 0 bridgehead atoms. The van der Waals surface area contributed by atoms with E-state index in [1.807, 2.05) is 0 Å². The highest BCUT2D eigenvalue weighted by atomic mass is 32.1. The summed E-state index contributed by atoms with van der Waals surface area (Å²) in [6, 6.07) is 6.65. The number of piperazine rings is 1. The van der Waals surface area contributed by atoms with Gasteiger partial charge in [-0.15, -0.1) is 0 Å². The maximum atomic E-state index is 9.55. The highest BCUT2D eigenvalue weighted by molar-refractivity contribution is 7.08. The number of aryl methyl sites for hydroxylation is 1. The number of hydrogen-bond donors (Lipinski definition) is 2. The summed E-state index contributed by atoms with van der Waals surface area (Å²) in [5, 5.41) is 20.0. The predicted molar refractivity (Wildman–Crippen MR) is 111 cm³/mol. The van der Waals surface area contributed by atoms with Gasteiger partial charge in [0.05, 0.1) is 0 Å². The van der Waals surface area contributed by atoms with Crippen molar-refractivity contribution in [3.8, 4) is 11.1 Å². The average Bonchev–Trinajstić information content (AvgIpc) is 3.22. The third-order valence-corrected chi connectivity index (χ3v) is 4.96. The highest BCUT2D eigenvalue weighted by Gasteiger charge is 2.16. The quantitative estimate of drug-likeness (QED) is 0.742. The number of carbonyl (C=O) groups is 2. The van der Waals surface area contributed by atoms with Crippen molar-refractivity contribution in [3.63, 3.8) is 0 Å². The van der Waals surface area contributed by atoms with Gasteiger partial charge < -0.3 is 20.0 Å².